The van der Waals surface area contributed by atoms with E-state index in [-0.39, 0.29) is 40.6 Å². The van der Waals surface area contributed by atoms with Gasteiger partial charge in [0, 0.05) is 0 Å². The number of amides is 1. The maximum atomic E-state index is 9.09. The molecule has 28 valence electrons. The van der Waals surface area contributed by atoms with E-state index in [9.17, 15) is 0 Å². The van der Waals surface area contributed by atoms with Crippen LogP contribution in [0.3, 0.4) is 0 Å². The summed E-state index contributed by atoms with van der Waals surface area (Å²) in [4.78, 5) is 9.09. The third-order valence-corrected chi connectivity index (χ3v) is 0. The van der Waals surface area contributed by atoms with E-state index in [1.54, 1.807) is 0 Å². The third-order valence-electron chi connectivity index (χ3n) is 0. The molecule has 0 saturated carbocycles. The molecule has 0 aliphatic carbocycles. The fraction of sp³-hybridized carbons (Fsp3) is 0. The van der Waals surface area contributed by atoms with Crippen LogP contribution in [0.4, 0.5) is 4.79 Å². The van der Waals surface area contributed by atoms with Gasteiger partial charge < -0.3 is 8.59 Å². The Morgan fingerprint density at radius 1 is 2.00 bits per heavy atom. The van der Waals surface area contributed by atoms with E-state index in [1.165, 1.54) is 0 Å². The molecule has 2 N–H and O–H groups in total. The fourth-order valence-electron chi connectivity index (χ4n) is 0. The molecule has 0 atom stereocenters. The van der Waals surface area contributed by atoms with Gasteiger partial charge in [-0.2, -0.15) is 0 Å². The molecule has 5 heavy (non-hydrogen) atoms. The number of hydrogen-bond acceptors (Lipinski definition) is 1. The molecule has 0 bridgehead atoms. The molecule has 1 amide bonds. The van der Waals surface area contributed by atoms with Gasteiger partial charge in [-0.25, -0.2) is 0 Å². The van der Waals surface area contributed by atoms with Crippen LogP contribution in [-0.4, -0.2) is 43.0 Å². The molecule has 0 spiro atoms. The van der Waals surface area contributed by atoms with Gasteiger partial charge in [-0.15, -0.1) is 0 Å². The van der Waals surface area contributed by atoms with Crippen LogP contribution in [0.5, 0.6) is 0 Å². The monoisotopic (exact) mass is 119 g/mol. The second kappa shape index (κ2) is 5.08. The van der Waals surface area contributed by atoms with Crippen LogP contribution in [0.2, 0.25) is 0 Å². The average molecular weight is 119 g/mol. The second-order valence-corrected chi connectivity index (χ2v) is 0.779. The number of carbonyl (C=O) groups excluding carboxylic acids is 1. The van der Waals surface area contributed by atoms with E-state index in [0.29, 0.717) is 0 Å². The van der Waals surface area contributed by atoms with E-state index < -0.39 is 5.24 Å². The summed E-state index contributed by atoms with van der Waals surface area (Å²) in [5.74, 6) is 0. The zero-order valence-electron chi connectivity index (χ0n) is 4.64. The quantitative estimate of drug-likeness (QED) is 0.338. The molecule has 2 nitrogen and oxygen atoms in total. The fourth-order valence-corrected chi connectivity index (χ4v) is 0. The molecule has 0 saturated heterocycles. The summed E-state index contributed by atoms with van der Waals surface area (Å²) in [5.41, 5.74) is 4.34. The zero-order chi connectivity index (χ0) is 3.58. The van der Waals surface area contributed by atoms with Gasteiger partial charge in [0.2, 0.25) is 0 Å². The van der Waals surface area contributed by atoms with E-state index in [4.69, 9.17) is 4.79 Å². The van der Waals surface area contributed by atoms with Crippen molar-refractivity contribution in [3.05, 3.63) is 0 Å². The van der Waals surface area contributed by atoms with Crippen molar-refractivity contribution < 1.29 is 7.65 Å². The molecule has 0 aliphatic rings. The van der Waals surface area contributed by atoms with Crippen molar-refractivity contribution in [2.45, 2.75) is 0 Å². The topological polar surface area (TPSA) is 43.1 Å². The SMILES string of the molecule is NC(=O)S.[Ca+2].[H-].[H-]. The summed E-state index contributed by atoms with van der Waals surface area (Å²) in [7, 11) is 0. The third kappa shape index (κ3) is 41.3. The first-order chi connectivity index (χ1) is 1.73. The van der Waals surface area contributed by atoms with Crippen LogP contribution in [0, 0.1) is 0 Å². The van der Waals surface area contributed by atoms with Crippen molar-refractivity contribution in [1.29, 1.82) is 0 Å². The van der Waals surface area contributed by atoms with Crippen molar-refractivity contribution >= 4 is 55.6 Å². The molecule has 0 aromatic heterocycles. The van der Waals surface area contributed by atoms with Crippen molar-refractivity contribution in [2.75, 3.05) is 0 Å². The van der Waals surface area contributed by atoms with Crippen molar-refractivity contribution in [1.82, 2.24) is 0 Å². The molecule has 0 heterocycles. The Morgan fingerprint density at radius 3 is 2.00 bits per heavy atom. The normalized spacial score (nSPS) is 5.00. The van der Waals surface area contributed by atoms with Crippen LogP contribution in [0.1, 0.15) is 2.85 Å². The minimum atomic E-state index is -0.639. The summed E-state index contributed by atoms with van der Waals surface area (Å²) < 4.78 is 0. The van der Waals surface area contributed by atoms with Crippen LogP contribution in [0.25, 0.3) is 0 Å². The van der Waals surface area contributed by atoms with Crippen molar-refractivity contribution in [3.8, 4) is 0 Å². The number of nitrogens with two attached hydrogens (primary N) is 1. The number of thiol groups is 1. The summed E-state index contributed by atoms with van der Waals surface area (Å²) in [6, 6.07) is 0. The predicted octanol–water partition coefficient (Wildman–Crippen LogP) is -0.161. The Hall–Kier alpha value is 1.08. The Balaban J connectivity index is -0.0000000150. The van der Waals surface area contributed by atoms with Gasteiger partial charge in [0.25, 0.3) is 5.24 Å². The summed E-state index contributed by atoms with van der Waals surface area (Å²) in [6.45, 7) is 0. The Bertz CT molecular complexity index is 40.7. The Kier molecular flexibility index (Phi) is 9.58. The molecular formula is CH5CaNOS. The van der Waals surface area contributed by atoms with Crippen molar-refractivity contribution in [3.63, 3.8) is 0 Å². The van der Waals surface area contributed by atoms with E-state index in [2.05, 4.69) is 18.4 Å². The Labute approximate surface area is 68.5 Å². The van der Waals surface area contributed by atoms with Gasteiger partial charge in [-0.3, -0.25) is 4.79 Å². The molecule has 0 radical (unpaired) electrons. The van der Waals surface area contributed by atoms with E-state index in [0.717, 1.165) is 0 Å². The van der Waals surface area contributed by atoms with Crippen LogP contribution >= 0.6 is 12.6 Å². The average Bonchev–Trinajstić information content (AvgIpc) is 0.811. The predicted molar refractivity (Wildman–Crippen MR) is 26.5 cm³/mol. The smallest absolute Gasteiger partial charge is 1.00 e. The zero-order valence-corrected chi connectivity index (χ0v) is 5.74. The van der Waals surface area contributed by atoms with Gasteiger partial charge in [-0.1, -0.05) is 12.6 Å². The van der Waals surface area contributed by atoms with Crippen molar-refractivity contribution in [2.24, 2.45) is 5.73 Å². The first-order valence-corrected chi connectivity index (χ1v) is 1.16. The first kappa shape index (κ1) is 9.43. The van der Waals surface area contributed by atoms with E-state index >= 15 is 0 Å². The van der Waals surface area contributed by atoms with Gasteiger partial charge >= 0.3 is 37.7 Å². The van der Waals surface area contributed by atoms with E-state index in [1.807, 2.05) is 0 Å². The molecule has 0 rings (SSSR count). The van der Waals surface area contributed by atoms with Crippen LogP contribution < -0.4 is 5.73 Å². The maximum Gasteiger partial charge on any atom is 2.00 e. The summed E-state index contributed by atoms with van der Waals surface area (Å²) >= 11 is 3.10. The maximum absolute atomic E-state index is 9.09. The molecule has 4 heteroatoms. The number of rotatable bonds is 0. The number of hydrogen-bond donors (Lipinski definition) is 2. The standard InChI is InChI=1S/CH3NOS.Ca.2H/c2-1(3)4;;;/h(H3,2,3,4);;;/q;+2;2*-1. The Morgan fingerprint density at radius 2 is 2.00 bits per heavy atom. The molecule has 0 aromatic rings. The second-order valence-electron chi connectivity index (χ2n) is 0.338. The number of primary amides is 1. The minimum Gasteiger partial charge on any atom is -1.00 e. The number of carbonyl (C=O) groups is 1. The molecule has 0 aliphatic heterocycles. The van der Waals surface area contributed by atoms with Gasteiger partial charge in [0.1, 0.15) is 0 Å². The van der Waals surface area contributed by atoms with Gasteiger partial charge in [-0.05, 0) is 0 Å². The van der Waals surface area contributed by atoms with Crippen LogP contribution in [-0.2, 0) is 0 Å². The summed E-state index contributed by atoms with van der Waals surface area (Å²) in [5, 5.41) is -0.639. The molecule has 0 unspecified atom stereocenters. The first-order valence-electron chi connectivity index (χ1n) is 0.716. The molecule has 0 fully saturated rings. The van der Waals surface area contributed by atoms with Gasteiger partial charge in [0.15, 0.2) is 0 Å². The molecular weight excluding hydrogens is 114 g/mol. The largest absolute Gasteiger partial charge is 2.00 e. The minimum absolute atomic E-state index is 0. The van der Waals surface area contributed by atoms with Gasteiger partial charge in [0.05, 0.1) is 0 Å². The van der Waals surface area contributed by atoms with Crippen LogP contribution in [0.15, 0.2) is 0 Å². The summed E-state index contributed by atoms with van der Waals surface area (Å²) in [6.07, 6.45) is 0. The molecule has 0 aromatic carbocycles.